The van der Waals surface area contributed by atoms with Crippen LogP contribution in [0.2, 0.25) is 0 Å². The molecule has 0 fully saturated rings. The van der Waals surface area contributed by atoms with Gasteiger partial charge in [0, 0.05) is 29.2 Å². The van der Waals surface area contributed by atoms with E-state index in [1.165, 1.54) is 0 Å². The molecule has 2 rings (SSSR count). The summed E-state index contributed by atoms with van der Waals surface area (Å²) in [7, 11) is 0. The molecular weight excluding hydrogens is 260 g/mol. The molecule has 0 amide bonds. The molecule has 0 atom stereocenters. The molecule has 0 bridgehead atoms. The maximum Gasteiger partial charge on any atom is 0.184 e. The number of para-hydroxylation sites is 1. The van der Waals surface area contributed by atoms with Gasteiger partial charge in [0.25, 0.3) is 0 Å². The molecule has 2 aromatic rings. The fraction of sp³-hybridized carbons (Fsp3) is 0.267. The molecule has 1 aromatic carbocycles. The minimum absolute atomic E-state index is 0. The lowest BCUT2D eigenvalue weighted by Crippen LogP contribution is -2.41. The number of allylic oxidation sites excluding steroid dienone is 1. The molecule has 19 heavy (non-hydrogen) atoms. The van der Waals surface area contributed by atoms with Crippen LogP contribution >= 0.6 is 12.4 Å². The van der Waals surface area contributed by atoms with E-state index in [0.717, 1.165) is 10.9 Å². The van der Waals surface area contributed by atoms with Gasteiger partial charge in [-0.1, -0.05) is 24.3 Å². The number of benzene rings is 1. The van der Waals surface area contributed by atoms with Crippen molar-refractivity contribution in [3.63, 3.8) is 0 Å². The third-order valence-electron chi connectivity index (χ3n) is 2.94. The number of rotatable bonds is 4. The Balaban J connectivity index is 0.00000180. The molecule has 102 valence electrons. The minimum Gasteiger partial charge on any atom is -0.343 e. The normalized spacial score (nSPS) is 11.1. The Kier molecular flexibility index (Phi) is 4.56. The lowest BCUT2D eigenvalue weighted by molar-refractivity contribution is 0.0915. The molecule has 0 saturated heterocycles. The summed E-state index contributed by atoms with van der Waals surface area (Å²) in [5, 5.41) is 0.947. The lowest BCUT2D eigenvalue weighted by atomic mass is 9.94. The summed E-state index contributed by atoms with van der Waals surface area (Å²) < 4.78 is 2.02. The van der Waals surface area contributed by atoms with Gasteiger partial charge in [-0.25, -0.2) is 0 Å². The number of carbonyl (C=O) groups is 1. The Morgan fingerprint density at radius 3 is 2.63 bits per heavy atom. The summed E-state index contributed by atoms with van der Waals surface area (Å²) in [5.74, 6) is -0.0403. The number of halogens is 1. The van der Waals surface area contributed by atoms with E-state index in [2.05, 4.69) is 6.58 Å². The molecule has 1 heterocycles. The van der Waals surface area contributed by atoms with Gasteiger partial charge in [0.05, 0.1) is 5.54 Å². The zero-order valence-electron chi connectivity index (χ0n) is 11.2. The van der Waals surface area contributed by atoms with Crippen LogP contribution in [-0.4, -0.2) is 15.9 Å². The van der Waals surface area contributed by atoms with Gasteiger partial charge >= 0.3 is 0 Å². The number of nitrogens with two attached hydrogens (primary N) is 1. The van der Waals surface area contributed by atoms with E-state index >= 15 is 0 Å². The van der Waals surface area contributed by atoms with Crippen molar-refractivity contribution in [3.05, 3.63) is 48.7 Å². The van der Waals surface area contributed by atoms with E-state index in [1.807, 2.05) is 41.1 Å². The molecule has 0 aliphatic heterocycles. The van der Waals surface area contributed by atoms with Gasteiger partial charge in [-0.05, 0) is 19.9 Å². The summed E-state index contributed by atoms with van der Waals surface area (Å²) in [6.07, 6.45) is 3.68. The fourth-order valence-electron chi connectivity index (χ4n) is 2.06. The van der Waals surface area contributed by atoms with Crippen LogP contribution < -0.4 is 5.73 Å². The molecule has 0 aliphatic rings. The first-order valence-corrected chi connectivity index (χ1v) is 5.97. The third-order valence-corrected chi connectivity index (χ3v) is 2.94. The van der Waals surface area contributed by atoms with Crippen LogP contribution in [-0.2, 0) is 6.54 Å². The second-order valence-electron chi connectivity index (χ2n) is 5.05. The second-order valence-corrected chi connectivity index (χ2v) is 5.05. The predicted octanol–water partition coefficient (Wildman–Crippen LogP) is 3.17. The van der Waals surface area contributed by atoms with Gasteiger partial charge in [0.2, 0.25) is 0 Å². The van der Waals surface area contributed by atoms with Crippen molar-refractivity contribution in [3.8, 4) is 0 Å². The number of aromatic nitrogens is 1. The van der Waals surface area contributed by atoms with Gasteiger partial charge in [-0.3, -0.25) is 4.79 Å². The largest absolute Gasteiger partial charge is 0.343 e. The van der Waals surface area contributed by atoms with E-state index in [0.29, 0.717) is 12.1 Å². The smallest absolute Gasteiger partial charge is 0.184 e. The Morgan fingerprint density at radius 1 is 1.42 bits per heavy atom. The maximum absolute atomic E-state index is 12.3. The van der Waals surface area contributed by atoms with Crippen molar-refractivity contribution in [2.24, 2.45) is 5.73 Å². The number of fused-ring (bicyclic) bond motifs is 1. The molecular formula is C15H19ClN2O. The lowest BCUT2D eigenvalue weighted by Gasteiger charge is -2.15. The monoisotopic (exact) mass is 278 g/mol. The first-order valence-electron chi connectivity index (χ1n) is 5.97. The quantitative estimate of drug-likeness (QED) is 0.690. The van der Waals surface area contributed by atoms with Crippen molar-refractivity contribution in [2.75, 3.05) is 0 Å². The van der Waals surface area contributed by atoms with Crippen molar-refractivity contribution >= 4 is 29.1 Å². The van der Waals surface area contributed by atoms with Crippen LogP contribution in [0.5, 0.6) is 0 Å². The summed E-state index contributed by atoms with van der Waals surface area (Å²) in [4.78, 5) is 12.3. The van der Waals surface area contributed by atoms with Gasteiger partial charge in [0.15, 0.2) is 5.78 Å². The highest BCUT2D eigenvalue weighted by Crippen LogP contribution is 2.24. The maximum atomic E-state index is 12.3. The number of ketones is 1. The summed E-state index contributed by atoms with van der Waals surface area (Å²) >= 11 is 0. The fourth-order valence-corrected chi connectivity index (χ4v) is 2.06. The van der Waals surface area contributed by atoms with Crippen LogP contribution in [0.3, 0.4) is 0 Å². The summed E-state index contributed by atoms with van der Waals surface area (Å²) in [6, 6.07) is 7.84. The van der Waals surface area contributed by atoms with Crippen LogP contribution in [0, 0.1) is 0 Å². The average Bonchev–Trinajstić information content (AvgIpc) is 2.67. The van der Waals surface area contributed by atoms with Gasteiger partial charge < -0.3 is 10.3 Å². The Hall–Kier alpha value is -1.58. The van der Waals surface area contributed by atoms with E-state index in [9.17, 15) is 4.79 Å². The molecule has 3 nitrogen and oxygen atoms in total. The average molecular weight is 279 g/mol. The molecule has 0 unspecified atom stereocenters. The van der Waals surface area contributed by atoms with Crippen LogP contribution in [0.15, 0.2) is 43.1 Å². The van der Waals surface area contributed by atoms with Crippen molar-refractivity contribution in [1.82, 2.24) is 4.57 Å². The topological polar surface area (TPSA) is 48.0 Å². The molecule has 2 N–H and O–H groups in total. The Morgan fingerprint density at radius 2 is 2.05 bits per heavy atom. The standard InChI is InChI=1S/C15H18N2O.ClH/c1-4-9-17-10-12(14(18)15(2,3)16)11-7-5-6-8-13(11)17;/h4-8,10H,1,9,16H2,2-3H3;1H. The molecule has 0 radical (unpaired) electrons. The van der Waals surface area contributed by atoms with Gasteiger partial charge in [0.1, 0.15) is 0 Å². The van der Waals surface area contributed by atoms with Crippen molar-refractivity contribution in [2.45, 2.75) is 25.9 Å². The zero-order valence-corrected chi connectivity index (χ0v) is 12.0. The van der Waals surface area contributed by atoms with Crippen molar-refractivity contribution in [1.29, 1.82) is 0 Å². The van der Waals surface area contributed by atoms with Crippen LogP contribution in [0.4, 0.5) is 0 Å². The van der Waals surface area contributed by atoms with E-state index in [-0.39, 0.29) is 18.2 Å². The molecule has 4 heteroatoms. The predicted molar refractivity (Wildman–Crippen MR) is 82.0 cm³/mol. The Labute approximate surface area is 119 Å². The third kappa shape index (κ3) is 2.88. The number of carbonyl (C=O) groups excluding carboxylic acids is 1. The van der Waals surface area contributed by atoms with Crippen LogP contribution in [0.1, 0.15) is 24.2 Å². The summed E-state index contributed by atoms with van der Waals surface area (Å²) in [6.45, 7) is 7.88. The van der Waals surface area contributed by atoms with Crippen LogP contribution in [0.25, 0.3) is 10.9 Å². The van der Waals surface area contributed by atoms with Crippen molar-refractivity contribution < 1.29 is 4.79 Å². The van der Waals surface area contributed by atoms with Gasteiger partial charge in [-0.2, -0.15) is 0 Å². The number of hydrogen-bond donors (Lipinski definition) is 1. The highest BCUT2D eigenvalue weighted by atomic mass is 35.5. The minimum atomic E-state index is -0.858. The number of nitrogens with zero attached hydrogens (tertiary/aromatic N) is 1. The SMILES string of the molecule is C=CCn1cc(C(=O)C(C)(C)N)c2ccccc21.Cl. The first-order chi connectivity index (χ1) is 8.45. The van der Waals surface area contributed by atoms with E-state index in [1.54, 1.807) is 13.8 Å². The van der Waals surface area contributed by atoms with Gasteiger partial charge in [-0.15, -0.1) is 19.0 Å². The molecule has 0 aliphatic carbocycles. The summed E-state index contributed by atoms with van der Waals surface area (Å²) in [5.41, 5.74) is 6.76. The molecule has 1 aromatic heterocycles. The highest BCUT2D eigenvalue weighted by Gasteiger charge is 2.26. The number of Topliss-reactive ketones (excluding diaryl/α,β-unsaturated/α-hetero) is 1. The Bertz CT molecular complexity index is 608. The second kappa shape index (κ2) is 5.59. The first kappa shape index (κ1) is 15.5. The highest BCUT2D eigenvalue weighted by molar-refractivity contribution is 6.12. The zero-order chi connectivity index (χ0) is 13.3. The van der Waals surface area contributed by atoms with E-state index < -0.39 is 5.54 Å². The molecule has 0 saturated carbocycles. The number of hydrogen-bond acceptors (Lipinski definition) is 2. The molecule has 0 spiro atoms. The van der Waals surface area contributed by atoms with E-state index in [4.69, 9.17) is 5.73 Å².